The summed E-state index contributed by atoms with van der Waals surface area (Å²) in [5.74, 6) is -3.52. The third-order valence-corrected chi connectivity index (χ3v) is 9.61. The number of aromatic hydroxyl groups is 1. The molecule has 1 aromatic heterocycles. The number of benzene rings is 3. The molecule has 1 saturated heterocycles. The Morgan fingerprint density at radius 1 is 0.778 bits per heavy atom. The normalized spacial score (nSPS) is 19.0. The van der Waals surface area contributed by atoms with Gasteiger partial charge in [-0.25, -0.2) is 4.39 Å². The van der Waals surface area contributed by atoms with Crippen LogP contribution in [-0.2, 0) is 44.7 Å². The van der Waals surface area contributed by atoms with E-state index in [1.165, 1.54) is 17.0 Å². The van der Waals surface area contributed by atoms with Crippen molar-refractivity contribution in [1.29, 1.82) is 0 Å². The lowest BCUT2D eigenvalue weighted by atomic mass is 9.98. The van der Waals surface area contributed by atoms with Crippen LogP contribution in [0.3, 0.4) is 0 Å². The lowest BCUT2D eigenvalue weighted by Gasteiger charge is -2.54. The number of pyridine rings is 1. The Morgan fingerprint density at radius 3 is 1.91 bits per heavy atom. The Bertz CT molecular complexity index is 2110. The SMILES string of the molecule is O=C(NCc1ccc(F)cc1)c1cn2c(c(O)c1=O)C(=O)N1CCC[N+](Cc3ccc(C(F)(F)F)cc3)(Cc3cc(C(F)(F)F)cc(C(F)(F)F)c3)C1C2. The van der Waals surface area contributed by atoms with Gasteiger partial charge in [0.15, 0.2) is 17.6 Å². The molecule has 2 unspecified atom stereocenters. The smallest absolute Gasteiger partial charge is 0.416 e. The number of hydrogen-bond acceptors (Lipinski definition) is 4. The zero-order valence-corrected chi connectivity index (χ0v) is 27.7. The van der Waals surface area contributed by atoms with E-state index in [4.69, 9.17) is 0 Å². The highest BCUT2D eigenvalue weighted by Gasteiger charge is 2.51. The fourth-order valence-corrected chi connectivity index (χ4v) is 7.09. The lowest BCUT2D eigenvalue weighted by Crippen LogP contribution is -2.69. The van der Waals surface area contributed by atoms with Crippen molar-refractivity contribution < 1.29 is 63.1 Å². The third-order valence-electron chi connectivity index (χ3n) is 9.61. The monoisotopic (exact) mass is 771 g/mol. The molecule has 2 aliphatic rings. The van der Waals surface area contributed by atoms with E-state index < -0.39 is 98.0 Å². The van der Waals surface area contributed by atoms with E-state index in [1.54, 1.807) is 0 Å². The standard InChI is InChI=1S/C36H28F10N4O4/c37-26-8-4-20(5-9-26)15-47-32(53)27-16-48-17-28-49(33(54)29(48)31(52)30(27)51)10-1-11-50(28,18-21-2-6-23(7-3-21)34(38,39)40)19-22-12-24(35(41,42)43)14-25(13-22)36(44,45)46/h2-9,12-14,16,28H,1,10-11,15,17-19H2,(H-,47,52,53,54)/p+1. The molecule has 6 rings (SSSR count). The van der Waals surface area contributed by atoms with E-state index in [9.17, 15) is 63.4 Å². The van der Waals surface area contributed by atoms with E-state index in [-0.39, 0.29) is 50.8 Å². The van der Waals surface area contributed by atoms with Gasteiger partial charge in [0, 0.05) is 36.8 Å². The number of aromatic nitrogens is 1. The number of quaternary nitrogens is 1. The Hall–Kier alpha value is -5.39. The first-order chi connectivity index (χ1) is 25.2. The van der Waals surface area contributed by atoms with Crippen LogP contribution in [0.2, 0.25) is 0 Å². The van der Waals surface area contributed by atoms with Crippen LogP contribution in [0.15, 0.2) is 77.7 Å². The van der Waals surface area contributed by atoms with Gasteiger partial charge in [-0.2, -0.15) is 39.5 Å². The molecule has 0 bridgehead atoms. The van der Waals surface area contributed by atoms with Crippen LogP contribution in [0.4, 0.5) is 43.9 Å². The Kier molecular flexibility index (Phi) is 9.79. The summed E-state index contributed by atoms with van der Waals surface area (Å²) in [7, 11) is 0. The zero-order chi connectivity index (χ0) is 39.4. The molecule has 2 atom stereocenters. The molecule has 0 saturated carbocycles. The summed E-state index contributed by atoms with van der Waals surface area (Å²) in [4.78, 5) is 41.6. The van der Waals surface area contributed by atoms with Crippen molar-refractivity contribution in [3.8, 4) is 5.75 Å². The molecule has 3 heterocycles. The van der Waals surface area contributed by atoms with Crippen LogP contribution in [0.5, 0.6) is 5.75 Å². The fourth-order valence-electron chi connectivity index (χ4n) is 7.09. The lowest BCUT2D eigenvalue weighted by molar-refractivity contribution is -0.990. The molecule has 2 amide bonds. The quantitative estimate of drug-likeness (QED) is 0.155. The Morgan fingerprint density at radius 2 is 1.33 bits per heavy atom. The average molecular weight is 772 g/mol. The molecular formula is C36H29F10N4O4+. The fraction of sp³-hybridized carbons (Fsp3) is 0.306. The first-order valence-corrected chi connectivity index (χ1v) is 16.3. The molecule has 2 aliphatic heterocycles. The van der Waals surface area contributed by atoms with Gasteiger partial charge in [0.05, 0.1) is 29.8 Å². The van der Waals surface area contributed by atoms with Crippen molar-refractivity contribution in [2.24, 2.45) is 0 Å². The van der Waals surface area contributed by atoms with Gasteiger partial charge in [0.1, 0.15) is 24.5 Å². The van der Waals surface area contributed by atoms with Crippen molar-refractivity contribution >= 4 is 11.8 Å². The minimum absolute atomic E-state index is 0.0135. The van der Waals surface area contributed by atoms with Crippen LogP contribution in [0, 0.1) is 5.82 Å². The first kappa shape index (κ1) is 38.3. The second-order valence-corrected chi connectivity index (χ2v) is 13.2. The molecule has 3 aromatic carbocycles. The summed E-state index contributed by atoms with van der Waals surface area (Å²) < 4.78 is 138. The number of rotatable bonds is 7. The maximum Gasteiger partial charge on any atom is 0.416 e. The van der Waals surface area contributed by atoms with Crippen molar-refractivity contribution in [3.05, 3.63) is 134 Å². The highest BCUT2D eigenvalue weighted by molar-refractivity contribution is 5.99. The number of fused-ring (bicyclic) bond motifs is 2. The maximum atomic E-state index is 14.0. The summed E-state index contributed by atoms with van der Waals surface area (Å²) in [6.07, 6.45) is -15.1. The number of nitrogens with zero attached hydrogens (tertiary/aromatic N) is 3. The highest BCUT2D eigenvalue weighted by Crippen LogP contribution is 2.40. The van der Waals surface area contributed by atoms with Gasteiger partial charge in [-0.05, 0) is 48.0 Å². The molecule has 286 valence electrons. The van der Waals surface area contributed by atoms with Gasteiger partial charge in [-0.1, -0.05) is 24.3 Å². The van der Waals surface area contributed by atoms with Crippen LogP contribution < -0.4 is 10.7 Å². The highest BCUT2D eigenvalue weighted by atomic mass is 19.4. The summed E-state index contributed by atoms with van der Waals surface area (Å²) >= 11 is 0. The summed E-state index contributed by atoms with van der Waals surface area (Å²) in [5, 5.41) is 13.4. The van der Waals surface area contributed by atoms with Crippen LogP contribution >= 0.6 is 0 Å². The third kappa shape index (κ3) is 7.65. The molecule has 4 aromatic rings. The topological polar surface area (TPSA) is 91.6 Å². The first-order valence-electron chi connectivity index (χ1n) is 16.3. The summed E-state index contributed by atoms with van der Waals surface area (Å²) in [6, 6.07) is 9.90. The van der Waals surface area contributed by atoms with Crippen molar-refractivity contribution in [1.82, 2.24) is 14.8 Å². The molecule has 18 heteroatoms. The second kappa shape index (κ2) is 13.8. The molecule has 1 fully saturated rings. The van der Waals surface area contributed by atoms with Gasteiger partial charge in [-0.15, -0.1) is 0 Å². The number of halogens is 10. The van der Waals surface area contributed by atoms with E-state index in [1.807, 2.05) is 0 Å². The zero-order valence-electron chi connectivity index (χ0n) is 27.7. The van der Waals surface area contributed by atoms with Gasteiger partial charge in [0.2, 0.25) is 5.43 Å². The van der Waals surface area contributed by atoms with Crippen LogP contribution in [0.25, 0.3) is 0 Å². The van der Waals surface area contributed by atoms with Crippen molar-refractivity contribution in [2.45, 2.75) is 57.3 Å². The molecule has 8 nitrogen and oxygen atoms in total. The van der Waals surface area contributed by atoms with Gasteiger partial charge in [-0.3, -0.25) is 23.8 Å². The second-order valence-electron chi connectivity index (χ2n) is 13.2. The number of alkyl halides is 9. The minimum Gasteiger partial charge on any atom is -0.503 e. The molecular weight excluding hydrogens is 742 g/mol. The number of carbonyl (C=O) groups excluding carboxylic acids is 2. The van der Waals surface area contributed by atoms with Gasteiger partial charge >= 0.3 is 18.5 Å². The predicted molar refractivity (Wildman–Crippen MR) is 170 cm³/mol. The van der Waals surface area contributed by atoms with E-state index in [2.05, 4.69) is 5.32 Å². The largest absolute Gasteiger partial charge is 0.503 e. The number of nitrogens with one attached hydrogen (secondary N) is 1. The maximum absolute atomic E-state index is 14.0. The van der Waals surface area contributed by atoms with Crippen molar-refractivity contribution in [2.75, 3.05) is 13.1 Å². The van der Waals surface area contributed by atoms with Crippen molar-refractivity contribution in [3.63, 3.8) is 0 Å². The minimum atomic E-state index is -5.18. The average Bonchev–Trinajstić information content (AvgIpc) is 3.09. The number of hydrogen-bond donors (Lipinski definition) is 2. The molecule has 54 heavy (non-hydrogen) atoms. The van der Waals surface area contributed by atoms with Crippen LogP contribution in [-0.4, -0.2) is 50.1 Å². The summed E-state index contributed by atoms with van der Waals surface area (Å²) in [6.45, 7) is -1.31. The molecule has 0 aliphatic carbocycles. The van der Waals surface area contributed by atoms with Crippen LogP contribution in [0.1, 0.15) is 60.6 Å². The summed E-state index contributed by atoms with van der Waals surface area (Å²) in [5.41, 5.74) is -6.25. The van der Waals surface area contributed by atoms with Gasteiger partial charge in [0.25, 0.3) is 11.8 Å². The van der Waals surface area contributed by atoms with E-state index in [0.29, 0.717) is 17.7 Å². The Labute approximate surface area is 299 Å². The molecule has 0 radical (unpaired) electrons. The number of amides is 2. The molecule has 0 spiro atoms. The van der Waals surface area contributed by atoms with E-state index >= 15 is 0 Å². The number of carbonyl (C=O) groups is 2. The Balaban J connectivity index is 1.44. The van der Waals surface area contributed by atoms with E-state index in [0.717, 1.165) is 47.2 Å². The van der Waals surface area contributed by atoms with Gasteiger partial charge < -0.3 is 15.0 Å². The molecule has 2 N–H and O–H groups in total. The predicted octanol–water partition coefficient (Wildman–Crippen LogP) is 7.08.